The van der Waals surface area contributed by atoms with E-state index in [1.807, 2.05) is 0 Å². The van der Waals surface area contributed by atoms with E-state index >= 15 is 0 Å². The molecule has 0 aliphatic carbocycles. The second-order valence-corrected chi connectivity index (χ2v) is 6.07. The van der Waals surface area contributed by atoms with Crippen LogP contribution in [0.1, 0.15) is 12.0 Å². The molecule has 0 aromatic heterocycles. The van der Waals surface area contributed by atoms with Crippen LogP contribution >= 0.6 is 0 Å². The summed E-state index contributed by atoms with van der Waals surface area (Å²) in [5, 5.41) is 0. The van der Waals surface area contributed by atoms with Crippen LogP contribution in [0.25, 0.3) is 0 Å². The summed E-state index contributed by atoms with van der Waals surface area (Å²) in [6.45, 7) is -3.15. The van der Waals surface area contributed by atoms with Gasteiger partial charge in [-0.1, -0.05) is 18.2 Å². The minimum Gasteiger partial charge on any atom is -0.493 e. The van der Waals surface area contributed by atoms with Gasteiger partial charge in [-0.2, -0.15) is 8.78 Å². The van der Waals surface area contributed by atoms with Crippen molar-refractivity contribution < 1.29 is 37.3 Å². The molecular weight excluding hydrogens is 388 g/mol. The van der Waals surface area contributed by atoms with E-state index in [-0.39, 0.29) is 43.6 Å². The lowest BCUT2D eigenvalue weighted by atomic mass is 10.2. The number of fused-ring (bicyclic) bond motifs is 1. The smallest absolute Gasteiger partial charge is 0.387 e. The summed E-state index contributed by atoms with van der Waals surface area (Å²) in [5.41, 5.74) is 1.02. The van der Waals surface area contributed by atoms with Crippen molar-refractivity contribution in [2.45, 2.75) is 19.6 Å². The molecule has 1 heterocycles. The Morgan fingerprint density at radius 1 is 1.21 bits per heavy atom. The van der Waals surface area contributed by atoms with Crippen molar-refractivity contribution in [3.8, 4) is 17.2 Å². The molecule has 0 unspecified atom stereocenters. The third-order valence-electron chi connectivity index (χ3n) is 4.16. The summed E-state index contributed by atoms with van der Waals surface area (Å²) in [4.78, 5) is 26.0. The minimum absolute atomic E-state index is 0.0904. The van der Waals surface area contributed by atoms with Crippen molar-refractivity contribution in [2.75, 3.05) is 25.2 Å². The number of benzene rings is 2. The molecule has 0 radical (unpaired) electrons. The standard InChI is InChI=1S/C20H19F2NO6/c1-26-17-10-13(6-7-16(17)29-20(21)22)12-28-19(25)11-23-14-4-2-3-5-15(14)27-9-8-18(23)24/h2-7,10,20H,8-9,11-12H2,1H3. The number of hydrogen-bond donors (Lipinski definition) is 0. The van der Waals surface area contributed by atoms with Gasteiger partial charge in [-0.3, -0.25) is 14.5 Å². The van der Waals surface area contributed by atoms with E-state index in [1.54, 1.807) is 24.3 Å². The Morgan fingerprint density at radius 3 is 2.76 bits per heavy atom. The van der Waals surface area contributed by atoms with E-state index < -0.39 is 12.6 Å². The number of ether oxygens (including phenoxy) is 4. The van der Waals surface area contributed by atoms with E-state index in [0.717, 1.165) is 0 Å². The van der Waals surface area contributed by atoms with Gasteiger partial charge in [0.1, 0.15) is 18.9 Å². The highest BCUT2D eigenvalue weighted by Gasteiger charge is 2.25. The maximum atomic E-state index is 12.4. The quantitative estimate of drug-likeness (QED) is 0.657. The first kappa shape index (κ1) is 20.4. The molecule has 0 saturated carbocycles. The number of esters is 1. The van der Waals surface area contributed by atoms with Crippen LogP contribution in [0.3, 0.4) is 0 Å². The number of halogens is 2. The molecule has 0 bridgehead atoms. The zero-order valence-electron chi connectivity index (χ0n) is 15.6. The summed E-state index contributed by atoms with van der Waals surface area (Å²) in [7, 11) is 1.31. The number of amides is 1. The third kappa shape index (κ3) is 5.13. The number of anilines is 1. The normalized spacial score (nSPS) is 13.4. The van der Waals surface area contributed by atoms with E-state index in [0.29, 0.717) is 17.0 Å². The van der Waals surface area contributed by atoms with E-state index in [9.17, 15) is 18.4 Å². The molecule has 3 rings (SSSR count). The fraction of sp³-hybridized carbons (Fsp3) is 0.300. The molecule has 0 atom stereocenters. The number of para-hydroxylation sites is 2. The first-order chi connectivity index (χ1) is 14.0. The fourth-order valence-corrected chi connectivity index (χ4v) is 2.83. The van der Waals surface area contributed by atoms with Gasteiger partial charge in [0, 0.05) is 0 Å². The van der Waals surface area contributed by atoms with Gasteiger partial charge in [-0.15, -0.1) is 0 Å². The van der Waals surface area contributed by atoms with Crippen LogP contribution < -0.4 is 19.1 Å². The highest BCUT2D eigenvalue weighted by molar-refractivity contribution is 5.99. The molecule has 29 heavy (non-hydrogen) atoms. The Balaban J connectivity index is 1.65. The van der Waals surface area contributed by atoms with E-state index in [4.69, 9.17) is 14.2 Å². The second kappa shape index (κ2) is 9.22. The molecule has 2 aromatic carbocycles. The van der Waals surface area contributed by atoms with Gasteiger partial charge >= 0.3 is 12.6 Å². The molecular formula is C20H19F2NO6. The summed E-state index contributed by atoms with van der Waals surface area (Å²) in [6.07, 6.45) is 0.144. The van der Waals surface area contributed by atoms with Gasteiger partial charge in [0.05, 0.1) is 25.8 Å². The molecule has 0 saturated heterocycles. The molecule has 7 nitrogen and oxygen atoms in total. The maximum absolute atomic E-state index is 12.4. The molecule has 0 spiro atoms. The Labute approximate surface area is 165 Å². The van der Waals surface area contributed by atoms with Crippen LogP contribution in [0.5, 0.6) is 17.2 Å². The van der Waals surface area contributed by atoms with Crippen molar-refractivity contribution in [3.63, 3.8) is 0 Å². The molecule has 1 aliphatic heterocycles. The first-order valence-corrected chi connectivity index (χ1v) is 8.77. The molecule has 154 valence electrons. The van der Waals surface area contributed by atoms with Crippen LogP contribution in [0.2, 0.25) is 0 Å². The van der Waals surface area contributed by atoms with Gasteiger partial charge in [-0.05, 0) is 29.8 Å². The average molecular weight is 407 g/mol. The Hall–Kier alpha value is -3.36. The number of methoxy groups -OCH3 is 1. The van der Waals surface area contributed by atoms with Crippen LogP contribution in [0, 0.1) is 0 Å². The number of nitrogens with zero attached hydrogens (tertiary/aromatic N) is 1. The lowest BCUT2D eigenvalue weighted by molar-refractivity contribution is -0.144. The largest absolute Gasteiger partial charge is 0.493 e. The monoisotopic (exact) mass is 407 g/mol. The van der Waals surface area contributed by atoms with Crippen molar-refractivity contribution >= 4 is 17.6 Å². The lowest BCUT2D eigenvalue weighted by Crippen LogP contribution is -2.36. The van der Waals surface area contributed by atoms with Crippen molar-refractivity contribution in [3.05, 3.63) is 48.0 Å². The van der Waals surface area contributed by atoms with E-state index in [1.165, 1.54) is 30.2 Å². The third-order valence-corrected chi connectivity index (χ3v) is 4.16. The van der Waals surface area contributed by atoms with Crippen molar-refractivity contribution in [1.29, 1.82) is 0 Å². The topological polar surface area (TPSA) is 74.3 Å². The summed E-state index contributed by atoms with van der Waals surface area (Å²) < 4.78 is 44.9. The highest BCUT2D eigenvalue weighted by atomic mass is 19.3. The molecule has 1 aliphatic rings. The average Bonchev–Trinajstić information content (AvgIpc) is 2.86. The molecule has 0 N–H and O–H groups in total. The second-order valence-electron chi connectivity index (χ2n) is 6.07. The van der Waals surface area contributed by atoms with Gasteiger partial charge in [0.25, 0.3) is 0 Å². The lowest BCUT2D eigenvalue weighted by Gasteiger charge is -2.21. The van der Waals surface area contributed by atoms with Gasteiger partial charge in [0.15, 0.2) is 11.5 Å². The predicted molar refractivity (Wildman–Crippen MR) is 98.3 cm³/mol. The number of carbonyl (C=O) groups excluding carboxylic acids is 2. The Bertz CT molecular complexity index is 889. The van der Waals surface area contributed by atoms with Crippen LogP contribution in [-0.2, 0) is 20.9 Å². The minimum atomic E-state index is -2.98. The number of hydrogen-bond acceptors (Lipinski definition) is 6. The van der Waals surface area contributed by atoms with Crippen LogP contribution in [0.15, 0.2) is 42.5 Å². The molecule has 9 heteroatoms. The van der Waals surface area contributed by atoms with Gasteiger partial charge in [-0.25, -0.2) is 0 Å². The number of alkyl halides is 2. The number of rotatable bonds is 7. The summed E-state index contributed by atoms with van der Waals surface area (Å²) in [5.74, 6) is -0.383. The maximum Gasteiger partial charge on any atom is 0.387 e. The van der Waals surface area contributed by atoms with Gasteiger partial charge < -0.3 is 18.9 Å². The van der Waals surface area contributed by atoms with Crippen LogP contribution in [-0.4, -0.2) is 38.7 Å². The fourth-order valence-electron chi connectivity index (χ4n) is 2.83. The van der Waals surface area contributed by atoms with Crippen molar-refractivity contribution in [1.82, 2.24) is 0 Å². The van der Waals surface area contributed by atoms with Crippen molar-refractivity contribution in [2.24, 2.45) is 0 Å². The SMILES string of the molecule is COc1cc(COC(=O)CN2C(=O)CCOc3ccccc32)ccc1OC(F)F. The zero-order valence-corrected chi connectivity index (χ0v) is 15.6. The number of carbonyl (C=O) groups is 2. The Kier molecular flexibility index (Phi) is 6.48. The van der Waals surface area contributed by atoms with E-state index in [2.05, 4.69) is 4.74 Å². The molecule has 1 amide bonds. The summed E-state index contributed by atoms with van der Waals surface area (Å²) in [6, 6.07) is 11.2. The van der Waals surface area contributed by atoms with Gasteiger partial charge in [0.2, 0.25) is 5.91 Å². The predicted octanol–water partition coefficient (Wildman–Crippen LogP) is 3.16. The zero-order chi connectivity index (χ0) is 20.8. The molecule has 0 fully saturated rings. The van der Waals surface area contributed by atoms with Crippen LogP contribution in [0.4, 0.5) is 14.5 Å². The first-order valence-electron chi connectivity index (χ1n) is 8.77. The highest BCUT2D eigenvalue weighted by Crippen LogP contribution is 2.31. The Morgan fingerprint density at radius 2 is 2.00 bits per heavy atom. The molecule has 2 aromatic rings. The summed E-state index contributed by atoms with van der Waals surface area (Å²) >= 11 is 0.